The average molecular weight is 287 g/mol. The molecule has 2 N–H and O–H groups in total. The molecule has 0 fully saturated rings. The van der Waals surface area contributed by atoms with Crippen molar-refractivity contribution in [2.24, 2.45) is 0 Å². The number of carboxylic acids is 1. The van der Waals surface area contributed by atoms with Gasteiger partial charge in [0.05, 0.1) is 12.5 Å². The van der Waals surface area contributed by atoms with Gasteiger partial charge < -0.3 is 10.4 Å². The number of thioether (sulfide) groups is 1. The van der Waals surface area contributed by atoms with Gasteiger partial charge in [0.15, 0.2) is 0 Å². The number of carboxylic acid groups (broad SMARTS) is 1. The van der Waals surface area contributed by atoms with E-state index in [9.17, 15) is 9.59 Å². The minimum atomic E-state index is -0.906. The van der Waals surface area contributed by atoms with Crippen LogP contribution in [0.5, 0.6) is 0 Å². The van der Waals surface area contributed by atoms with Crippen LogP contribution in [0.25, 0.3) is 0 Å². The molecule has 0 saturated carbocycles. The molecule has 0 aromatic carbocycles. The minimum absolute atomic E-state index is 0.0762. The van der Waals surface area contributed by atoms with Gasteiger partial charge in [0.2, 0.25) is 5.91 Å². The molecule has 1 atom stereocenters. The Morgan fingerprint density at radius 1 is 1.56 bits per heavy atom. The largest absolute Gasteiger partial charge is 0.481 e. The predicted molar refractivity (Wildman–Crippen MR) is 75.1 cm³/mol. The summed E-state index contributed by atoms with van der Waals surface area (Å²) in [5.41, 5.74) is 0. The third-order valence-corrected chi connectivity index (χ3v) is 4.17. The van der Waals surface area contributed by atoms with Crippen molar-refractivity contribution in [2.75, 3.05) is 11.5 Å². The average Bonchev–Trinajstić information content (AvgIpc) is 2.81. The van der Waals surface area contributed by atoms with E-state index in [1.807, 2.05) is 24.4 Å². The zero-order valence-corrected chi connectivity index (χ0v) is 11.9. The van der Waals surface area contributed by atoms with Gasteiger partial charge in [0.1, 0.15) is 0 Å². The van der Waals surface area contributed by atoms with Crippen molar-refractivity contribution in [3.8, 4) is 0 Å². The normalized spacial score (nSPS) is 12.1. The molecule has 100 valence electrons. The summed E-state index contributed by atoms with van der Waals surface area (Å²) in [6.45, 7) is 2.04. The van der Waals surface area contributed by atoms with Crippen LogP contribution in [-0.4, -0.2) is 28.5 Å². The van der Waals surface area contributed by atoms with Crippen LogP contribution < -0.4 is 5.32 Å². The second-order valence-corrected chi connectivity index (χ2v) is 6.05. The Bertz CT molecular complexity index is 379. The van der Waals surface area contributed by atoms with Crippen LogP contribution in [-0.2, 0) is 9.59 Å². The highest BCUT2D eigenvalue weighted by Crippen LogP contribution is 2.22. The number of amides is 1. The molecule has 0 aliphatic rings. The van der Waals surface area contributed by atoms with E-state index in [-0.39, 0.29) is 12.3 Å². The van der Waals surface area contributed by atoms with Gasteiger partial charge in [0.25, 0.3) is 0 Å². The molecule has 18 heavy (non-hydrogen) atoms. The van der Waals surface area contributed by atoms with Crippen molar-refractivity contribution < 1.29 is 14.7 Å². The van der Waals surface area contributed by atoms with E-state index in [0.717, 1.165) is 16.4 Å². The Balaban J connectivity index is 2.51. The molecule has 0 radical (unpaired) electrons. The molecule has 1 aromatic heterocycles. The maximum absolute atomic E-state index is 11.7. The van der Waals surface area contributed by atoms with Crippen LogP contribution in [0.3, 0.4) is 0 Å². The van der Waals surface area contributed by atoms with Crippen molar-refractivity contribution in [2.45, 2.75) is 25.8 Å². The zero-order valence-electron chi connectivity index (χ0n) is 10.2. The fraction of sp³-hybridized carbons (Fsp3) is 0.500. The summed E-state index contributed by atoms with van der Waals surface area (Å²) in [4.78, 5) is 23.4. The molecule has 1 amide bonds. The fourth-order valence-corrected chi connectivity index (χ4v) is 2.86. The summed E-state index contributed by atoms with van der Waals surface area (Å²) >= 11 is 3.16. The number of carbonyl (C=O) groups is 2. The molecule has 0 saturated heterocycles. The molecule has 0 unspecified atom stereocenters. The van der Waals surface area contributed by atoms with Crippen LogP contribution >= 0.6 is 23.1 Å². The highest BCUT2D eigenvalue weighted by molar-refractivity contribution is 7.99. The van der Waals surface area contributed by atoms with E-state index < -0.39 is 12.0 Å². The van der Waals surface area contributed by atoms with Gasteiger partial charge in [-0.3, -0.25) is 9.59 Å². The van der Waals surface area contributed by atoms with Crippen molar-refractivity contribution >= 4 is 35.0 Å². The second-order valence-electron chi connectivity index (χ2n) is 3.68. The quantitative estimate of drug-likeness (QED) is 0.721. The molecule has 0 bridgehead atoms. The van der Waals surface area contributed by atoms with E-state index in [1.54, 1.807) is 11.8 Å². The maximum Gasteiger partial charge on any atom is 0.305 e. The lowest BCUT2D eigenvalue weighted by atomic mass is 10.1. The number of carbonyl (C=O) groups excluding carboxylic acids is 1. The summed E-state index contributed by atoms with van der Waals surface area (Å²) in [5.74, 6) is 0.760. The van der Waals surface area contributed by atoms with Gasteiger partial charge in [-0.2, -0.15) is 11.8 Å². The second kappa shape index (κ2) is 8.16. The number of hydrogen-bond acceptors (Lipinski definition) is 4. The first kappa shape index (κ1) is 15.0. The van der Waals surface area contributed by atoms with Crippen LogP contribution in [0.15, 0.2) is 17.5 Å². The van der Waals surface area contributed by atoms with Gasteiger partial charge in [-0.05, 0) is 17.2 Å². The Kier molecular flexibility index (Phi) is 6.82. The molecule has 6 heteroatoms. The molecular weight excluding hydrogens is 270 g/mol. The first-order valence-electron chi connectivity index (χ1n) is 5.75. The predicted octanol–water partition coefficient (Wildman–Crippen LogP) is 2.52. The van der Waals surface area contributed by atoms with Crippen LogP contribution in [0.4, 0.5) is 0 Å². The summed E-state index contributed by atoms with van der Waals surface area (Å²) in [6, 6.07) is 3.29. The van der Waals surface area contributed by atoms with E-state index in [0.29, 0.717) is 6.42 Å². The standard InChI is InChI=1S/C12H17NO3S2/c1-2-17-7-5-11(14)13-9(8-12(15)16)10-4-3-6-18-10/h3-4,6,9H,2,5,7-8H2,1H3,(H,13,14)(H,15,16)/t9-/m0/s1. The van der Waals surface area contributed by atoms with Gasteiger partial charge in [-0.15, -0.1) is 11.3 Å². The van der Waals surface area contributed by atoms with E-state index >= 15 is 0 Å². The Morgan fingerprint density at radius 2 is 2.33 bits per heavy atom. The third-order valence-electron chi connectivity index (χ3n) is 2.28. The van der Waals surface area contributed by atoms with Crippen LogP contribution in [0.2, 0.25) is 0 Å². The summed E-state index contributed by atoms with van der Waals surface area (Å²) in [7, 11) is 0. The van der Waals surface area contributed by atoms with Crippen molar-refractivity contribution in [3.63, 3.8) is 0 Å². The molecule has 0 spiro atoms. The number of nitrogens with one attached hydrogen (secondary N) is 1. The van der Waals surface area contributed by atoms with Crippen LogP contribution in [0.1, 0.15) is 30.7 Å². The molecule has 0 aliphatic carbocycles. The van der Waals surface area contributed by atoms with Gasteiger partial charge in [-0.1, -0.05) is 13.0 Å². The lowest BCUT2D eigenvalue weighted by molar-refractivity contribution is -0.137. The molecule has 4 nitrogen and oxygen atoms in total. The molecule has 0 aliphatic heterocycles. The number of rotatable bonds is 8. The summed E-state index contributed by atoms with van der Waals surface area (Å²) in [5, 5.41) is 13.5. The topological polar surface area (TPSA) is 66.4 Å². The van der Waals surface area contributed by atoms with Gasteiger partial charge >= 0.3 is 5.97 Å². The third kappa shape index (κ3) is 5.55. The number of hydrogen-bond donors (Lipinski definition) is 2. The highest BCUT2D eigenvalue weighted by atomic mass is 32.2. The molecule has 1 rings (SSSR count). The van der Waals surface area contributed by atoms with Gasteiger partial charge in [-0.25, -0.2) is 0 Å². The maximum atomic E-state index is 11.7. The van der Waals surface area contributed by atoms with E-state index in [4.69, 9.17) is 5.11 Å². The Hall–Kier alpha value is -1.01. The first-order valence-corrected chi connectivity index (χ1v) is 7.79. The zero-order chi connectivity index (χ0) is 13.4. The monoisotopic (exact) mass is 287 g/mol. The summed E-state index contributed by atoms with van der Waals surface area (Å²) < 4.78 is 0. The van der Waals surface area contributed by atoms with Crippen molar-refractivity contribution in [1.29, 1.82) is 0 Å². The SMILES string of the molecule is CCSCCC(=O)N[C@@H](CC(=O)O)c1cccs1. The van der Waals surface area contributed by atoms with E-state index in [2.05, 4.69) is 5.32 Å². The van der Waals surface area contributed by atoms with Crippen molar-refractivity contribution in [3.05, 3.63) is 22.4 Å². The number of thiophene rings is 1. The lowest BCUT2D eigenvalue weighted by Crippen LogP contribution is -2.29. The molecule has 1 aromatic rings. The summed E-state index contributed by atoms with van der Waals surface area (Å²) in [6.07, 6.45) is 0.354. The molecular formula is C12H17NO3S2. The lowest BCUT2D eigenvalue weighted by Gasteiger charge is -2.15. The number of aliphatic carboxylic acids is 1. The van der Waals surface area contributed by atoms with Gasteiger partial charge in [0, 0.05) is 17.1 Å². The smallest absolute Gasteiger partial charge is 0.305 e. The Morgan fingerprint density at radius 3 is 2.89 bits per heavy atom. The van der Waals surface area contributed by atoms with E-state index in [1.165, 1.54) is 11.3 Å². The fourth-order valence-electron chi connectivity index (χ4n) is 1.46. The minimum Gasteiger partial charge on any atom is -0.481 e. The molecule has 1 heterocycles. The van der Waals surface area contributed by atoms with Crippen molar-refractivity contribution in [1.82, 2.24) is 5.32 Å². The Labute approximate surface area is 115 Å². The van der Waals surface area contributed by atoms with Crippen LogP contribution in [0, 0.1) is 0 Å². The highest BCUT2D eigenvalue weighted by Gasteiger charge is 2.18. The first-order chi connectivity index (χ1) is 8.63.